The largest absolute Gasteiger partial charge is 3.00 e. The number of hydrogen-bond acceptors (Lipinski definition) is 0. The maximum absolute atomic E-state index is 0. The van der Waals surface area contributed by atoms with E-state index in [-0.39, 0.29) is 16.4 Å². The van der Waals surface area contributed by atoms with E-state index in [1.807, 2.05) is 0 Å². The summed E-state index contributed by atoms with van der Waals surface area (Å²) in [5.74, 6) is 0. The minimum absolute atomic E-state index is 0. The smallest absolute Gasteiger partial charge is 2.00 e. The zero-order valence-corrected chi connectivity index (χ0v) is 7.12. The monoisotopic (exact) mass is 546 g/mol. The molecule has 38 valence electrons. The average Bonchev–Trinajstić information content (AvgIpc) is 0. The van der Waals surface area contributed by atoms with Crippen molar-refractivity contribution in [2.75, 3.05) is 0 Å². The van der Waals surface area contributed by atoms with Crippen molar-refractivity contribution in [2.45, 2.75) is 0 Å². The molecule has 0 N–H and O–H groups in total. The first kappa shape index (κ1) is 2.26. The molecule has 0 fully saturated rings. The molecule has 0 aromatic heterocycles. The van der Waals surface area contributed by atoms with E-state index in [0.29, 0.717) is 0 Å². The minimum Gasteiger partial charge on any atom is -2.00 e. The maximum atomic E-state index is 0. The molecule has 3 nitrogen and oxygen atoms in total. The maximum Gasteiger partial charge on any atom is 3.00 e. The van der Waals surface area contributed by atoms with Gasteiger partial charge in [0.05, 0.1) is 0 Å². The van der Waals surface area contributed by atoms with Crippen LogP contribution < -0.4 is 0 Å². The van der Waals surface area contributed by atoms with Crippen LogP contribution in [0, 0.1) is 0 Å². The second kappa shape index (κ2) is 0.324. The molecule has 0 saturated heterocycles. The van der Waals surface area contributed by atoms with Crippen molar-refractivity contribution in [1.29, 1.82) is 0 Å². The summed E-state index contributed by atoms with van der Waals surface area (Å²) < 4.78 is 0. The van der Waals surface area contributed by atoms with Gasteiger partial charge in [0.25, 0.3) is 0 Å². The predicted molar refractivity (Wildman–Crippen MR) is 2.06 cm³/mol. The molecule has 0 bridgehead atoms. The van der Waals surface area contributed by atoms with Crippen LogP contribution in [0.3, 0.4) is 0 Å². The Kier molecular flexibility index (Phi) is 0.147. The molecule has 0 unspecified atom stereocenters. The van der Waals surface area contributed by atoms with Crippen molar-refractivity contribution in [3.05, 3.63) is 0 Å². The average molecular weight is 550 g/mol. The van der Waals surface area contributed by atoms with E-state index in [1.54, 1.807) is 0 Å². The summed E-state index contributed by atoms with van der Waals surface area (Å²) in [5.41, 5.74) is 0. The van der Waals surface area contributed by atoms with Crippen LogP contribution in [0.5, 0.6) is 0 Å². The van der Waals surface area contributed by atoms with E-state index in [0.717, 1.165) is 0 Å². The standard InChI is InChI=1S/2Cf.3O/q2*+3;3*-2. The van der Waals surface area contributed by atoms with Gasteiger partial charge in [0.2, 0.25) is 0 Å². The predicted octanol–water partition coefficient (Wildman–Crippen LogP) is -0.356. The van der Waals surface area contributed by atoms with Gasteiger partial charge in [-0.3, -0.25) is 0 Å². The third kappa shape index (κ3) is 0.00602. The summed E-state index contributed by atoms with van der Waals surface area (Å²) >= 11 is 0. The first-order chi connectivity index (χ1) is 0. The fourth-order valence-electron chi connectivity index (χ4n) is 0. The van der Waals surface area contributed by atoms with E-state index in [4.69, 9.17) is 0 Å². The molecule has 0 aromatic rings. The molecule has 0 spiro atoms. The first-order valence-corrected chi connectivity index (χ1v) is 0. The number of hydrogen-bond donors (Lipinski definition) is 0. The molecule has 0 atom stereocenters. The molecule has 5 heteroatoms. The van der Waals surface area contributed by atoms with Gasteiger partial charge in [0.1, 0.15) is 0 Å². The summed E-state index contributed by atoms with van der Waals surface area (Å²) in [7, 11) is 0. The summed E-state index contributed by atoms with van der Waals surface area (Å²) in [4.78, 5) is 0. The second-order valence-electron chi connectivity index (χ2n) is 0. The SMILES string of the molecule is [Cf+3].[Cf+3].[O-2].[O-2].[O-2]. The fourth-order valence-corrected chi connectivity index (χ4v) is 0. The molecule has 0 saturated carbocycles. The van der Waals surface area contributed by atoms with Gasteiger partial charge in [-0.2, -0.15) is 0 Å². The van der Waals surface area contributed by atoms with Crippen molar-refractivity contribution in [1.82, 2.24) is 0 Å². The summed E-state index contributed by atoms with van der Waals surface area (Å²) in [6.45, 7) is 0. The van der Waals surface area contributed by atoms with Gasteiger partial charge in [0, 0.05) is 0 Å². The van der Waals surface area contributed by atoms with E-state index in [2.05, 4.69) is 0 Å². The molecule has 0 aliphatic carbocycles. The molecule has 0 rings (SSSR count). The van der Waals surface area contributed by atoms with Crippen LogP contribution in [-0.4, -0.2) is 0 Å². The van der Waals surface area contributed by atoms with Gasteiger partial charge in [-0.1, -0.05) is 0 Å². The van der Waals surface area contributed by atoms with Gasteiger partial charge >= 0.3 is 0 Å². The van der Waals surface area contributed by atoms with Crippen molar-refractivity contribution in [3.63, 3.8) is 0 Å². The van der Waals surface area contributed by atoms with Crippen molar-refractivity contribution in [3.8, 4) is 0 Å². The molecule has 0 aromatic carbocycles. The Bertz CT molecular complexity index is 4.85. The molecule has 0 aliphatic rings. The molecule has 0 amide bonds. The van der Waals surface area contributed by atoms with Gasteiger partial charge in [-0.25, -0.2) is 0 Å². The van der Waals surface area contributed by atoms with Crippen LogP contribution in [0.15, 0.2) is 0 Å². The Morgan fingerprint density at radius 2 is 0.400 bits per heavy atom. The van der Waals surface area contributed by atoms with Gasteiger partial charge < -0.3 is 16.4 Å². The van der Waals surface area contributed by atoms with Crippen molar-refractivity contribution in [2.24, 2.45) is 0 Å². The number of rotatable bonds is 0. The Labute approximate surface area is 17.8 Å². The van der Waals surface area contributed by atoms with Gasteiger partial charge in [0.15, 0.2) is 0 Å². The van der Waals surface area contributed by atoms with E-state index >= 15 is 0 Å². The van der Waals surface area contributed by atoms with E-state index < -0.39 is 0 Å². The quantitative estimate of drug-likeness (QED) is 0.395. The van der Waals surface area contributed by atoms with Crippen LogP contribution in [0.1, 0.15) is 0 Å². The zero-order valence-electron chi connectivity index (χ0n) is 1.86. The van der Waals surface area contributed by atoms with Crippen LogP contribution in [0.25, 0.3) is 0 Å². The van der Waals surface area contributed by atoms with Crippen LogP contribution in [0.2, 0.25) is 0 Å². The topological polar surface area (TPSA) is 85.5 Å². The molecule has 0 heterocycles. The summed E-state index contributed by atoms with van der Waals surface area (Å²) in [5, 5.41) is 0. The van der Waals surface area contributed by atoms with Crippen molar-refractivity contribution < 1.29 is 16.4 Å². The zero-order chi connectivity index (χ0) is 0. The summed E-state index contributed by atoms with van der Waals surface area (Å²) in [6, 6.07) is 0. The fraction of sp³-hybridized carbons (Fsp3) is 0. The van der Waals surface area contributed by atoms with Crippen LogP contribution in [0.4, 0.5) is 0 Å². The van der Waals surface area contributed by atoms with E-state index in [1.165, 1.54) is 0 Å². The Balaban J connectivity index is 0. The Morgan fingerprint density at radius 1 is 0.400 bits per heavy atom. The first-order valence-electron chi connectivity index (χ1n) is 0. The van der Waals surface area contributed by atoms with Gasteiger partial charge in [-0.05, 0) is 0 Å². The summed E-state index contributed by atoms with van der Waals surface area (Å²) in [6.07, 6.45) is 0. The third-order valence-corrected chi connectivity index (χ3v) is 0. The molecular formula is Cf2O3. The molecular weight excluding hydrogens is 550 g/mol. The second-order valence-corrected chi connectivity index (χ2v) is 0. The van der Waals surface area contributed by atoms with Gasteiger partial charge in [-0.15, -0.1) is 0 Å². The normalized spacial score (nSPS) is 0. The van der Waals surface area contributed by atoms with Crippen LogP contribution in [-0.2, 0) is 16.4 Å². The van der Waals surface area contributed by atoms with E-state index in [9.17, 15) is 0 Å². The molecule has 2 radical (unpaired) electrons. The minimum atomic E-state index is 0. The Hall–Kier alpha value is -2.12. The Morgan fingerprint density at radius 3 is 0.400 bits per heavy atom. The molecule has 0 aliphatic heterocycles. The molecule has 5 heavy (non-hydrogen) atoms. The third-order valence-electron chi connectivity index (χ3n) is 0. The van der Waals surface area contributed by atoms with Crippen LogP contribution >= 0.6 is 0 Å². The van der Waals surface area contributed by atoms with Crippen molar-refractivity contribution >= 4 is 0 Å².